The summed E-state index contributed by atoms with van der Waals surface area (Å²) >= 11 is 0. The van der Waals surface area contributed by atoms with Gasteiger partial charge in [-0.15, -0.1) is 0 Å². The van der Waals surface area contributed by atoms with Gasteiger partial charge in [0.1, 0.15) is 5.82 Å². The molecule has 0 aliphatic heterocycles. The van der Waals surface area contributed by atoms with E-state index in [1.54, 1.807) is 12.3 Å². The van der Waals surface area contributed by atoms with Crippen LogP contribution < -0.4 is 11.1 Å². The molecule has 0 spiro atoms. The fourth-order valence-corrected chi connectivity index (χ4v) is 1.11. The van der Waals surface area contributed by atoms with Gasteiger partial charge in [0.05, 0.1) is 0 Å². The predicted octanol–water partition coefficient (Wildman–Crippen LogP) is 2.76. The van der Waals surface area contributed by atoms with Crippen molar-refractivity contribution in [2.24, 2.45) is 11.3 Å². The molecule has 3 heteroatoms. The fourth-order valence-electron chi connectivity index (χ4n) is 1.11. The quantitative estimate of drug-likeness (QED) is 0.801. The lowest BCUT2D eigenvalue weighted by Crippen LogP contribution is -2.25. The fraction of sp³-hybridized carbons (Fsp3) is 0.583. The zero-order valence-electron chi connectivity index (χ0n) is 10.0. The number of nitrogen functional groups attached to an aromatic ring is 1. The van der Waals surface area contributed by atoms with Gasteiger partial charge in [-0.1, -0.05) is 27.7 Å². The van der Waals surface area contributed by atoms with Crippen LogP contribution in [-0.4, -0.2) is 11.5 Å². The Morgan fingerprint density at radius 1 is 1.47 bits per heavy atom. The van der Waals surface area contributed by atoms with Crippen molar-refractivity contribution in [3.63, 3.8) is 0 Å². The largest absolute Gasteiger partial charge is 0.399 e. The number of nitrogens with zero attached hydrogens (tertiary/aromatic N) is 1. The Kier molecular flexibility index (Phi) is 3.56. The zero-order valence-corrected chi connectivity index (χ0v) is 10.0. The molecule has 1 rings (SSSR count). The lowest BCUT2D eigenvalue weighted by atomic mass is 9.82. The molecule has 0 aliphatic carbocycles. The predicted molar refractivity (Wildman–Crippen MR) is 65.8 cm³/mol. The van der Waals surface area contributed by atoms with Crippen molar-refractivity contribution >= 4 is 11.5 Å². The zero-order chi connectivity index (χ0) is 11.5. The van der Waals surface area contributed by atoms with Crippen molar-refractivity contribution in [1.82, 2.24) is 4.98 Å². The summed E-state index contributed by atoms with van der Waals surface area (Å²) in [6, 6.07) is 3.65. The molecule has 1 atom stereocenters. The summed E-state index contributed by atoms with van der Waals surface area (Å²) in [6.07, 6.45) is 1.72. The summed E-state index contributed by atoms with van der Waals surface area (Å²) in [6.45, 7) is 9.88. The van der Waals surface area contributed by atoms with Crippen molar-refractivity contribution in [2.45, 2.75) is 27.7 Å². The SMILES string of the molecule is CC(CNc1cc(N)ccn1)C(C)(C)C. The molecule has 1 unspecified atom stereocenters. The molecule has 3 nitrogen and oxygen atoms in total. The monoisotopic (exact) mass is 207 g/mol. The first-order valence-electron chi connectivity index (χ1n) is 5.35. The molecule has 1 aromatic rings. The Morgan fingerprint density at radius 3 is 2.67 bits per heavy atom. The van der Waals surface area contributed by atoms with Gasteiger partial charge in [-0.2, -0.15) is 0 Å². The van der Waals surface area contributed by atoms with Crippen LogP contribution >= 0.6 is 0 Å². The van der Waals surface area contributed by atoms with E-state index in [-0.39, 0.29) is 0 Å². The molecule has 0 aliphatic rings. The molecular formula is C12H21N3. The standard InChI is InChI=1S/C12H21N3/c1-9(12(2,3)4)8-15-11-7-10(13)5-6-14-11/h5-7,9H,8H2,1-4H3,(H3,13,14,15). The second-order valence-corrected chi connectivity index (χ2v) is 5.12. The second kappa shape index (κ2) is 4.51. The highest BCUT2D eigenvalue weighted by molar-refractivity contribution is 5.48. The number of hydrogen-bond acceptors (Lipinski definition) is 3. The van der Waals surface area contributed by atoms with Gasteiger partial charge in [0.25, 0.3) is 0 Å². The molecule has 1 aromatic heterocycles. The molecule has 15 heavy (non-hydrogen) atoms. The third kappa shape index (κ3) is 3.78. The highest BCUT2D eigenvalue weighted by atomic mass is 15.0. The van der Waals surface area contributed by atoms with Crippen LogP contribution in [-0.2, 0) is 0 Å². The van der Waals surface area contributed by atoms with Gasteiger partial charge in [0.2, 0.25) is 0 Å². The van der Waals surface area contributed by atoms with E-state index in [9.17, 15) is 0 Å². The van der Waals surface area contributed by atoms with E-state index in [0.29, 0.717) is 11.3 Å². The number of rotatable bonds is 3. The molecule has 0 saturated carbocycles. The topological polar surface area (TPSA) is 50.9 Å². The first kappa shape index (κ1) is 11.8. The minimum atomic E-state index is 0.313. The molecule has 0 bridgehead atoms. The smallest absolute Gasteiger partial charge is 0.127 e. The van der Waals surface area contributed by atoms with E-state index >= 15 is 0 Å². The van der Waals surface area contributed by atoms with Crippen LogP contribution in [0.25, 0.3) is 0 Å². The highest BCUT2D eigenvalue weighted by Crippen LogP contribution is 2.25. The number of aromatic nitrogens is 1. The van der Waals surface area contributed by atoms with Gasteiger partial charge < -0.3 is 11.1 Å². The molecule has 3 N–H and O–H groups in total. The molecule has 84 valence electrons. The van der Waals surface area contributed by atoms with E-state index in [4.69, 9.17) is 5.73 Å². The van der Waals surface area contributed by atoms with Crippen LogP contribution in [0.3, 0.4) is 0 Å². The maximum atomic E-state index is 5.67. The van der Waals surface area contributed by atoms with Gasteiger partial charge in [0.15, 0.2) is 0 Å². The molecule has 0 saturated heterocycles. The molecule has 0 amide bonds. The maximum Gasteiger partial charge on any atom is 0.127 e. The number of anilines is 2. The Hall–Kier alpha value is -1.25. The van der Waals surface area contributed by atoms with Crippen LogP contribution in [0.1, 0.15) is 27.7 Å². The maximum absolute atomic E-state index is 5.67. The third-order valence-corrected chi connectivity index (χ3v) is 2.85. The third-order valence-electron chi connectivity index (χ3n) is 2.85. The Morgan fingerprint density at radius 2 is 2.13 bits per heavy atom. The molecular weight excluding hydrogens is 186 g/mol. The van der Waals surface area contributed by atoms with E-state index in [1.807, 2.05) is 6.07 Å². The van der Waals surface area contributed by atoms with Gasteiger partial charge in [-0.25, -0.2) is 4.98 Å². The van der Waals surface area contributed by atoms with Crippen molar-refractivity contribution in [1.29, 1.82) is 0 Å². The number of nitrogens with one attached hydrogen (secondary N) is 1. The summed E-state index contributed by atoms with van der Waals surface area (Å²) in [4.78, 5) is 4.20. The first-order chi connectivity index (χ1) is 6.89. The molecule has 0 fully saturated rings. The summed E-state index contributed by atoms with van der Waals surface area (Å²) < 4.78 is 0. The van der Waals surface area contributed by atoms with Gasteiger partial charge in [-0.3, -0.25) is 0 Å². The Labute approximate surface area is 92.1 Å². The van der Waals surface area contributed by atoms with Crippen LogP contribution in [0, 0.1) is 11.3 Å². The number of hydrogen-bond donors (Lipinski definition) is 2. The van der Waals surface area contributed by atoms with Crippen LogP contribution in [0.4, 0.5) is 11.5 Å². The Bertz CT molecular complexity index is 315. The molecule has 0 radical (unpaired) electrons. The molecule has 0 aromatic carbocycles. The van der Waals surface area contributed by atoms with Crippen molar-refractivity contribution in [3.05, 3.63) is 18.3 Å². The van der Waals surface area contributed by atoms with Gasteiger partial charge in [-0.05, 0) is 17.4 Å². The van der Waals surface area contributed by atoms with Crippen LogP contribution in [0.2, 0.25) is 0 Å². The van der Waals surface area contributed by atoms with Crippen LogP contribution in [0.15, 0.2) is 18.3 Å². The summed E-state index contributed by atoms with van der Waals surface area (Å²) in [7, 11) is 0. The van der Waals surface area contributed by atoms with Crippen LogP contribution in [0.5, 0.6) is 0 Å². The van der Waals surface area contributed by atoms with E-state index in [2.05, 4.69) is 38.0 Å². The highest BCUT2D eigenvalue weighted by Gasteiger charge is 2.19. The summed E-state index contributed by atoms with van der Waals surface area (Å²) in [5, 5.41) is 3.30. The van der Waals surface area contributed by atoms with E-state index < -0.39 is 0 Å². The first-order valence-corrected chi connectivity index (χ1v) is 5.35. The van der Waals surface area contributed by atoms with Crippen molar-refractivity contribution in [2.75, 3.05) is 17.6 Å². The lowest BCUT2D eigenvalue weighted by Gasteiger charge is -2.27. The molecule has 1 heterocycles. The number of nitrogens with two attached hydrogens (primary N) is 1. The van der Waals surface area contributed by atoms with Gasteiger partial charge >= 0.3 is 0 Å². The minimum absolute atomic E-state index is 0.313. The number of pyridine rings is 1. The van der Waals surface area contributed by atoms with Gasteiger partial charge in [0, 0.05) is 24.5 Å². The Balaban J connectivity index is 2.51. The van der Waals surface area contributed by atoms with E-state index in [1.165, 1.54) is 0 Å². The van der Waals surface area contributed by atoms with Crippen molar-refractivity contribution in [3.8, 4) is 0 Å². The minimum Gasteiger partial charge on any atom is -0.399 e. The lowest BCUT2D eigenvalue weighted by molar-refractivity contribution is 0.274. The average molecular weight is 207 g/mol. The van der Waals surface area contributed by atoms with Crippen molar-refractivity contribution < 1.29 is 0 Å². The second-order valence-electron chi connectivity index (χ2n) is 5.12. The summed E-state index contributed by atoms with van der Waals surface area (Å²) in [5.41, 5.74) is 6.73. The summed E-state index contributed by atoms with van der Waals surface area (Å²) in [5.74, 6) is 1.44. The normalized spacial score (nSPS) is 13.6. The average Bonchev–Trinajstić information content (AvgIpc) is 2.12. The van der Waals surface area contributed by atoms with E-state index in [0.717, 1.165) is 18.1 Å².